The highest BCUT2D eigenvalue weighted by Gasteiger charge is 2.02. The molecule has 1 rings (SSSR count). The summed E-state index contributed by atoms with van der Waals surface area (Å²) in [5.41, 5.74) is 1.35. The van der Waals surface area contributed by atoms with Gasteiger partial charge in [-0.25, -0.2) is 0 Å². The molecule has 0 radical (unpaired) electrons. The van der Waals surface area contributed by atoms with Crippen LogP contribution in [0.15, 0.2) is 35.3 Å². The maximum Gasteiger partial charge on any atom is 0.190 e. The number of unbranched alkanes of at least 4 members (excludes halogenated alkanes) is 1. The Hall–Kier alpha value is -0.820. The van der Waals surface area contributed by atoms with Gasteiger partial charge in [-0.2, -0.15) is 0 Å². The predicted molar refractivity (Wildman–Crippen MR) is 112 cm³/mol. The lowest BCUT2D eigenvalue weighted by molar-refractivity contribution is 0.268. The number of nitrogens with one attached hydrogen (secondary N) is 2. The molecule has 2 N–H and O–H groups in total. The van der Waals surface area contributed by atoms with E-state index in [0.29, 0.717) is 6.04 Å². The van der Waals surface area contributed by atoms with Gasteiger partial charge in [0, 0.05) is 26.2 Å². The van der Waals surface area contributed by atoms with Gasteiger partial charge in [-0.3, -0.25) is 4.99 Å². The van der Waals surface area contributed by atoms with E-state index in [1.165, 1.54) is 12.0 Å². The van der Waals surface area contributed by atoms with Crippen LogP contribution in [0, 0.1) is 0 Å². The van der Waals surface area contributed by atoms with Gasteiger partial charge in [-0.1, -0.05) is 30.3 Å². The smallest absolute Gasteiger partial charge is 0.190 e. The molecule has 0 spiro atoms. The number of rotatable bonds is 9. The molecule has 0 aromatic heterocycles. The van der Waals surface area contributed by atoms with Gasteiger partial charge < -0.3 is 15.5 Å². The first-order chi connectivity index (χ1) is 10.6. The van der Waals surface area contributed by atoms with Gasteiger partial charge in [-0.15, -0.1) is 24.0 Å². The minimum atomic E-state index is 0. The lowest BCUT2D eigenvalue weighted by Gasteiger charge is -2.20. The van der Waals surface area contributed by atoms with Crippen molar-refractivity contribution in [3.05, 3.63) is 35.9 Å². The Balaban J connectivity index is 0.00000484. The zero-order valence-corrected chi connectivity index (χ0v) is 17.3. The van der Waals surface area contributed by atoms with E-state index >= 15 is 0 Å². The molecule has 0 fully saturated rings. The Bertz CT molecular complexity index is 420. The summed E-state index contributed by atoms with van der Waals surface area (Å²) in [6, 6.07) is 11.1. The van der Waals surface area contributed by atoms with E-state index in [2.05, 4.69) is 65.7 Å². The normalized spacial score (nSPS) is 11.5. The zero-order valence-electron chi connectivity index (χ0n) is 15.0. The maximum atomic E-state index is 4.26. The summed E-state index contributed by atoms with van der Waals surface area (Å²) in [7, 11) is 4.01. The van der Waals surface area contributed by atoms with Crippen molar-refractivity contribution in [3.63, 3.8) is 0 Å². The molecule has 0 aliphatic carbocycles. The predicted octanol–water partition coefficient (Wildman–Crippen LogP) is 3.13. The average Bonchev–Trinajstić information content (AvgIpc) is 2.53. The first-order valence-electron chi connectivity index (χ1n) is 8.32. The molecule has 4 nitrogen and oxygen atoms in total. The summed E-state index contributed by atoms with van der Waals surface area (Å²) >= 11 is 0. The second-order valence-corrected chi connectivity index (χ2v) is 5.94. The molecule has 132 valence electrons. The molecule has 0 aliphatic rings. The van der Waals surface area contributed by atoms with Crippen molar-refractivity contribution in [2.24, 2.45) is 4.99 Å². The molecule has 0 heterocycles. The third kappa shape index (κ3) is 10.5. The average molecular weight is 432 g/mol. The molecule has 0 bridgehead atoms. The number of hydrogen-bond donors (Lipinski definition) is 2. The molecule has 0 saturated carbocycles. The van der Waals surface area contributed by atoms with E-state index < -0.39 is 0 Å². The molecule has 23 heavy (non-hydrogen) atoms. The Morgan fingerprint density at radius 1 is 1.09 bits per heavy atom. The highest BCUT2D eigenvalue weighted by molar-refractivity contribution is 14.0. The fourth-order valence-corrected chi connectivity index (χ4v) is 2.14. The number of halogens is 1. The van der Waals surface area contributed by atoms with E-state index in [-0.39, 0.29) is 24.0 Å². The van der Waals surface area contributed by atoms with Gasteiger partial charge in [0.1, 0.15) is 0 Å². The second-order valence-electron chi connectivity index (χ2n) is 5.94. The number of nitrogens with zero attached hydrogens (tertiary/aromatic N) is 2. The lowest BCUT2D eigenvalue weighted by atomic mass is 10.1. The van der Waals surface area contributed by atoms with Crippen molar-refractivity contribution in [2.75, 3.05) is 33.7 Å². The number of hydrogen-bond acceptors (Lipinski definition) is 2. The van der Waals surface area contributed by atoms with Crippen molar-refractivity contribution in [2.45, 2.75) is 39.2 Å². The molecule has 0 amide bonds. The molecule has 0 atom stereocenters. The summed E-state index contributed by atoms with van der Waals surface area (Å²) < 4.78 is 0. The maximum absolute atomic E-state index is 4.26. The first kappa shape index (κ1) is 22.2. The summed E-state index contributed by atoms with van der Waals surface area (Å²) in [4.78, 5) is 6.65. The zero-order chi connectivity index (χ0) is 16.2. The van der Waals surface area contributed by atoms with Crippen LogP contribution in [-0.2, 0) is 6.42 Å². The van der Waals surface area contributed by atoms with E-state index in [4.69, 9.17) is 0 Å². The van der Waals surface area contributed by atoms with Crippen LogP contribution >= 0.6 is 24.0 Å². The topological polar surface area (TPSA) is 39.7 Å². The number of guanidine groups is 1. The van der Waals surface area contributed by atoms with Crippen LogP contribution in [0.1, 0.15) is 32.3 Å². The van der Waals surface area contributed by atoms with Crippen molar-refractivity contribution in [1.82, 2.24) is 15.5 Å². The third-order valence-electron chi connectivity index (χ3n) is 3.88. The fraction of sp³-hybridized carbons (Fsp3) is 0.611. The second kappa shape index (κ2) is 13.6. The highest BCUT2D eigenvalue weighted by atomic mass is 127. The van der Waals surface area contributed by atoms with Crippen molar-refractivity contribution in [3.8, 4) is 0 Å². The van der Waals surface area contributed by atoms with E-state index in [9.17, 15) is 0 Å². The summed E-state index contributed by atoms with van der Waals surface area (Å²) in [5, 5.41) is 6.74. The Labute approximate surface area is 159 Å². The highest BCUT2D eigenvalue weighted by Crippen LogP contribution is 1.98. The SMILES string of the molecule is CN=C(NCCCCN(C)C(C)C)NCCc1ccccc1.I. The van der Waals surface area contributed by atoms with Crippen LogP contribution in [0.25, 0.3) is 0 Å². The van der Waals surface area contributed by atoms with E-state index in [1.54, 1.807) is 0 Å². The molecule has 1 aromatic carbocycles. The van der Waals surface area contributed by atoms with Crippen molar-refractivity contribution >= 4 is 29.9 Å². The van der Waals surface area contributed by atoms with Gasteiger partial charge in [-0.05, 0) is 52.3 Å². The van der Waals surface area contributed by atoms with Gasteiger partial charge in [0.2, 0.25) is 0 Å². The first-order valence-corrected chi connectivity index (χ1v) is 8.32. The summed E-state index contributed by atoms with van der Waals surface area (Å²) in [5.74, 6) is 0.896. The van der Waals surface area contributed by atoms with Gasteiger partial charge in [0.25, 0.3) is 0 Å². The minimum Gasteiger partial charge on any atom is -0.356 e. The third-order valence-corrected chi connectivity index (χ3v) is 3.88. The van der Waals surface area contributed by atoms with Crippen LogP contribution in [-0.4, -0.2) is 50.6 Å². The van der Waals surface area contributed by atoms with Crippen molar-refractivity contribution < 1.29 is 0 Å². The number of benzene rings is 1. The standard InChI is InChI=1S/C18H32N4.HI/c1-16(2)22(4)15-9-8-13-20-18(19-3)21-14-12-17-10-6-5-7-11-17;/h5-7,10-11,16H,8-9,12-15H2,1-4H3,(H2,19,20,21);1H. The molecule has 1 aromatic rings. The van der Waals surface area contributed by atoms with Crippen LogP contribution < -0.4 is 10.6 Å². The summed E-state index contributed by atoms with van der Waals surface area (Å²) in [6.07, 6.45) is 3.39. The minimum absolute atomic E-state index is 0. The molecule has 0 saturated heterocycles. The molecule has 0 aliphatic heterocycles. The van der Waals surface area contributed by atoms with E-state index in [0.717, 1.165) is 38.4 Å². The Morgan fingerprint density at radius 2 is 1.74 bits per heavy atom. The molecule has 5 heteroatoms. The summed E-state index contributed by atoms with van der Waals surface area (Å²) in [6.45, 7) is 7.49. The monoisotopic (exact) mass is 432 g/mol. The van der Waals surface area contributed by atoms with Crippen molar-refractivity contribution in [1.29, 1.82) is 0 Å². The largest absolute Gasteiger partial charge is 0.356 e. The van der Waals surface area contributed by atoms with Crippen LogP contribution in [0.4, 0.5) is 0 Å². The lowest BCUT2D eigenvalue weighted by Crippen LogP contribution is -2.39. The molecular formula is C18H33IN4. The van der Waals surface area contributed by atoms with Crippen LogP contribution in [0.3, 0.4) is 0 Å². The number of aliphatic imine (C=N–C) groups is 1. The van der Waals surface area contributed by atoms with Gasteiger partial charge in [0.05, 0.1) is 0 Å². The van der Waals surface area contributed by atoms with Gasteiger partial charge >= 0.3 is 0 Å². The quantitative estimate of drug-likeness (QED) is 0.273. The molecular weight excluding hydrogens is 399 g/mol. The molecule has 0 unspecified atom stereocenters. The Kier molecular flexibility index (Phi) is 13.1. The fourth-order valence-electron chi connectivity index (χ4n) is 2.14. The van der Waals surface area contributed by atoms with Crippen LogP contribution in [0.5, 0.6) is 0 Å². The van der Waals surface area contributed by atoms with Crippen LogP contribution in [0.2, 0.25) is 0 Å². The van der Waals surface area contributed by atoms with E-state index in [1.807, 2.05) is 13.1 Å². The van der Waals surface area contributed by atoms with Gasteiger partial charge in [0.15, 0.2) is 5.96 Å². The Morgan fingerprint density at radius 3 is 2.35 bits per heavy atom.